The Morgan fingerprint density at radius 2 is 1.70 bits per heavy atom. The first-order chi connectivity index (χ1) is 14.3. The molecule has 0 bridgehead atoms. The van der Waals surface area contributed by atoms with Gasteiger partial charge in [0.25, 0.3) is 5.91 Å². The average molecular weight is 409 g/mol. The zero-order chi connectivity index (χ0) is 21.4. The van der Waals surface area contributed by atoms with Gasteiger partial charge in [0.15, 0.2) is 0 Å². The minimum atomic E-state index is -0.340. The van der Waals surface area contributed by atoms with Gasteiger partial charge in [-0.2, -0.15) is 0 Å². The number of hydrogen-bond acceptors (Lipinski definition) is 5. The highest BCUT2D eigenvalue weighted by atomic mass is 16.6. The Kier molecular flexibility index (Phi) is 5.37. The minimum Gasteiger partial charge on any atom is -0.444 e. The first kappa shape index (κ1) is 20.2. The molecule has 2 fully saturated rings. The Balaban J connectivity index is 1.40. The third-order valence-corrected chi connectivity index (χ3v) is 5.88. The van der Waals surface area contributed by atoms with E-state index in [1.807, 2.05) is 30.9 Å². The lowest BCUT2D eigenvalue weighted by molar-refractivity contribution is 0.0746. The summed E-state index contributed by atoms with van der Waals surface area (Å²) < 4.78 is 5.17. The van der Waals surface area contributed by atoms with Gasteiger partial charge in [-0.3, -0.25) is 9.69 Å². The smallest absolute Gasteiger partial charge is 0.414 e. The Morgan fingerprint density at radius 1 is 1.03 bits per heavy atom. The fraction of sp³-hybridized carbons (Fsp3) is 0.435. The number of ether oxygens (including phenoxy) is 1. The van der Waals surface area contributed by atoms with E-state index in [0.29, 0.717) is 25.2 Å². The summed E-state index contributed by atoms with van der Waals surface area (Å²) in [6.45, 7) is 11.4. The summed E-state index contributed by atoms with van der Waals surface area (Å²) in [4.78, 5) is 35.3. The maximum Gasteiger partial charge on any atom is 0.414 e. The van der Waals surface area contributed by atoms with Crippen LogP contribution in [-0.2, 0) is 4.74 Å². The topological polar surface area (TPSA) is 66.0 Å². The number of carbonyl (C=O) groups is 2. The Morgan fingerprint density at radius 3 is 2.30 bits per heavy atom. The molecule has 0 N–H and O–H groups in total. The normalized spacial score (nSPS) is 19.3. The molecule has 7 nitrogen and oxygen atoms in total. The predicted octanol–water partition coefficient (Wildman–Crippen LogP) is 3.31. The molecule has 3 heterocycles. The molecule has 1 atom stereocenters. The van der Waals surface area contributed by atoms with E-state index in [0.717, 1.165) is 30.3 Å². The van der Waals surface area contributed by atoms with Crippen molar-refractivity contribution in [2.75, 3.05) is 42.5 Å². The highest BCUT2D eigenvalue weighted by Crippen LogP contribution is 2.24. The fourth-order valence-electron chi connectivity index (χ4n) is 4.05. The summed E-state index contributed by atoms with van der Waals surface area (Å²) >= 11 is 0. The van der Waals surface area contributed by atoms with Crippen molar-refractivity contribution in [1.29, 1.82) is 0 Å². The number of aromatic nitrogens is 1. The summed E-state index contributed by atoms with van der Waals surface area (Å²) in [5, 5.41) is 0. The average Bonchev–Trinajstić information content (AvgIpc) is 3.08. The van der Waals surface area contributed by atoms with Gasteiger partial charge in [-0.15, -0.1) is 0 Å². The van der Waals surface area contributed by atoms with Crippen molar-refractivity contribution in [3.8, 4) is 0 Å². The van der Waals surface area contributed by atoms with E-state index in [1.54, 1.807) is 17.0 Å². The number of cyclic esters (lactones) is 1. The second kappa shape index (κ2) is 7.97. The number of nitrogens with zero attached hydrogens (tertiary/aromatic N) is 4. The van der Waals surface area contributed by atoms with Gasteiger partial charge >= 0.3 is 6.09 Å². The largest absolute Gasteiger partial charge is 0.444 e. The van der Waals surface area contributed by atoms with E-state index >= 15 is 0 Å². The highest BCUT2D eigenvalue weighted by Gasteiger charge is 2.30. The molecule has 0 radical (unpaired) electrons. The van der Waals surface area contributed by atoms with Crippen LogP contribution < -0.4 is 9.80 Å². The van der Waals surface area contributed by atoms with Crippen LogP contribution in [-0.4, -0.2) is 60.7 Å². The van der Waals surface area contributed by atoms with Gasteiger partial charge < -0.3 is 14.5 Å². The SMILES string of the molecule is Cc1cc(C)c(N2CCN(C(=O)c3ccc(N4CC(C)OC4=O)cc3)CC2)nc1C. The molecule has 0 aliphatic carbocycles. The number of benzene rings is 1. The standard InChI is InChI=1S/C23H28N4O3/c1-15-13-16(2)21(24-18(15)4)25-9-11-26(12-10-25)22(28)19-5-7-20(8-6-19)27-14-17(3)30-23(27)29/h5-8,13,17H,9-12,14H2,1-4H3. The van der Waals surface area contributed by atoms with Gasteiger partial charge in [0.1, 0.15) is 11.9 Å². The number of rotatable bonds is 3. The summed E-state index contributed by atoms with van der Waals surface area (Å²) in [5.74, 6) is 1.03. The summed E-state index contributed by atoms with van der Waals surface area (Å²) in [7, 11) is 0. The lowest BCUT2D eigenvalue weighted by Gasteiger charge is -2.36. The Bertz CT molecular complexity index is 965. The van der Waals surface area contributed by atoms with Crippen LogP contribution >= 0.6 is 0 Å². The van der Waals surface area contributed by atoms with Crippen LogP contribution in [0, 0.1) is 20.8 Å². The Labute approximate surface area is 177 Å². The molecule has 2 aliphatic heterocycles. The lowest BCUT2D eigenvalue weighted by Crippen LogP contribution is -2.49. The number of anilines is 2. The summed E-state index contributed by atoms with van der Waals surface area (Å²) in [5.41, 5.74) is 4.80. The second-order valence-electron chi connectivity index (χ2n) is 8.16. The second-order valence-corrected chi connectivity index (χ2v) is 8.16. The van der Waals surface area contributed by atoms with Gasteiger partial charge in [0.05, 0.1) is 6.54 Å². The van der Waals surface area contributed by atoms with Crippen LogP contribution in [0.4, 0.5) is 16.3 Å². The molecular formula is C23H28N4O3. The van der Waals surface area contributed by atoms with Crippen molar-refractivity contribution in [3.05, 3.63) is 52.7 Å². The van der Waals surface area contributed by atoms with Gasteiger partial charge in [-0.1, -0.05) is 6.07 Å². The number of pyridine rings is 1. The maximum atomic E-state index is 12.9. The quantitative estimate of drug-likeness (QED) is 0.780. The molecule has 4 rings (SSSR count). The molecule has 1 unspecified atom stereocenters. The number of carbonyl (C=O) groups excluding carboxylic acids is 2. The van der Waals surface area contributed by atoms with Crippen LogP contribution in [0.15, 0.2) is 30.3 Å². The minimum absolute atomic E-state index is 0.0170. The van der Waals surface area contributed by atoms with Crippen molar-refractivity contribution in [2.45, 2.75) is 33.8 Å². The summed E-state index contributed by atoms with van der Waals surface area (Å²) in [6.07, 6.45) is -0.460. The number of aryl methyl sites for hydroxylation is 3. The van der Waals surface area contributed by atoms with Gasteiger partial charge in [0, 0.05) is 43.1 Å². The molecule has 2 amide bonds. The molecule has 2 aromatic rings. The van der Waals surface area contributed by atoms with Gasteiger partial charge in [0.2, 0.25) is 0 Å². The van der Waals surface area contributed by atoms with Crippen molar-refractivity contribution >= 4 is 23.5 Å². The van der Waals surface area contributed by atoms with Crippen molar-refractivity contribution in [3.63, 3.8) is 0 Å². The van der Waals surface area contributed by atoms with E-state index in [4.69, 9.17) is 9.72 Å². The lowest BCUT2D eigenvalue weighted by atomic mass is 10.1. The van der Waals surface area contributed by atoms with E-state index in [9.17, 15) is 9.59 Å². The van der Waals surface area contributed by atoms with Crippen molar-refractivity contribution in [2.24, 2.45) is 0 Å². The Hall–Kier alpha value is -3.09. The molecule has 1 aromatic carbocycles. The predicted molar refractivity (Wildman–Crippen MR) is 116 cm³/mol. The third kappa shape index (κ3) is 3.84. The van der Waals surface area contributed by atoms with E-state index in [-0.39, 0.29) is 18.1 Å². The molecule has 2 saturated heterocycles. The van der Waals surface area contributed by atoms with Crippen LogP contribution in [0.3, 0.4) is 0 Å². The van der Waals surface area contributed by atoms with E-state index < -0.39 is 0 Å². The zero-order valence-electron chi connectivity index (χ0n) is 18.0. The molecule has 0 saturated carbocycles. The zero-order valence-corrected chi connectivity index (χ0v) is 18.0. The third-order valence-electron chi connectivity index (χ3n) is 5.88. The molecular weight excluding hydrogens is 380 g/mol. The summed E-state index contributed by atoms with van der Waals surface area (Å²) in [6, 6.07) is 9.37. The molecule has 158 valence electrons. The van der Waals surface area contributed by atoms with Crippen LogP contribution in [0.25, 0.3) is 0 Å². The van der Waals surface area contributed by atoms with Crippen LogP contribution in [0.1, 0.15) is 34.1 Å². The van der Waals surface area contributed by atoms with Crippen LogP contribution in [0.2, 0.25) is 0 Å². The fourth-order valence-corrected chi connectivity index (χ4v) is 4.05. The number of amides is 2. The first-order valence-electron chi connectivity index (χ1n) is 10.4. The van der Waals surface area contributed by atoms with Gasteiger partial charge in [-0.25, -0.2) is 9.78 Å². The monoisotopic (exact) mass is 408 g/mol. The molecule has 2 aliphatic rings. The molecule has 0 spiro atoms. The number of hydrogen-bond donors (Lipinski definition) is 0. The van der Waals surface area contributed by atoms with Gasteiger partial charge in [-0.05, 0) is 63.1 Å². The maximum absolute atomic E-state index is 12.9. The molecule has 30 heavy (non-hydrogen) atoms. The van der Waals surface area contributed by atoms with E-state index in [2.05, 4.69) is 24.8 Å². The number of piperazine rings is 1. The van der Waals surface area contributed by atoms with E-state index in [1.165, 1.54) is 11.1 Å². The van der Waals surface area contributed by atoms with Crippen LogP contribution in [0.5, 0.6) is 0 Å². The molecule has 7 heteroatoms. The van der Waals surface area contributed by atoms with Crippen molar-refractivity contribution < 1.29 is 14.3 Å². The highest BCUT2D eigenvalue weighted by molar-refractivity contribution is 5.96. The molecule has 1 aromatic heterocycles. The first-order valence-corrected chi connectivity index (χ1v) is 10.4. The van der Waals surface area contributed by atoms with Crippen molar-refractivity contribution in [1.82, 2.24) is 9.88 Å².